The number of nitrogens with zero attached hydrogens (tertiary/aromatic N) is 2. The molecule has 2 aromatic rings. The highest BCUT2D eigenvalue weighted by Crippen LogP contribution is 2.17. The van der Waals surface area contributed by atoms with E-state index in [9.17, 15) is 4.79 Å². The summed E-state index contributed by atoms with van der Waals surface area (Å²) in [5.74, 6) is 0.255. The molecule has 0 radical (unpaired) electrons. The van der Waals surface area contributed by atoms with Crippen LogP contribution in [0.1, 0.15) is 24.2 Å². The fourth-order valence-electron chi connectivity index (χ4n) is 1.96. The van der Waals surface area contributed by atoms with Crippen molar-refractivity contribution in [2.75, 3.05) is 0 Å². The maximum absolute atomic E-state index is 10.4. The summed E-state index contributed by atoms with van der Waals surface area (Å²) in [6.07, 6.45) is 1.70. The first-order valence-corrected chi connectivity index (χ1v) is 5.71. The average Bonchev–Trinajstić information content (AvgIpc) is 2.55. The van der Waals surface area contributed by atoms with Crippen molar-refractivity contribution < 1.29 is 9.90 Å². The normalized spacial score (nSPS) is 10.9. The Bertz CT molecular complexity index is 558. The maximum Gasteiger partial charge on any atom is 0.303 e. The fourth-order valence-corrected chi connectivity index (χ4v) is 1.96. The van der Waals surface area contributed by atoms with Crippen molar-refractivity contribution in [1.82, 2.24) is 9.55 Å². The Morgan fingerprint density at radius 3 is 2.94 bits per heavy atom. The number of aromatic nitrogens is 2. The van der Waals surface area contributed by atoms with Gasteiger partial charge in [-0.15, -0.1) is 0 Å². The molecule has 1 heterocycles. The van der Waals surface area contributed by atoms with Crippen LogP contribution >= 0.6 is 0 Å². The average molecular weight is 232 g/mol. The fraction of sp³-hybridized carbons (Fsp3) is 0.385. The molecular formula is C13H16N2O2. The van der Waals surface area contributed by atoms with E-state index in [0.29, 0.717) is 6.42 Å². The lowest BCUT2D eigenvalue weighted by molar-refractivity contribution is -0.137. The number of aliphatic carboxylic acids is 1. The van der Waals surface area contributed by atoms with Gasteiger partial charge in [0.25, 0.3) is 0 Å². The number of carbonyl (C=O) groups is 1. The monoisotopic (exact) mass is 232 g/mol. The summed E-state index contributed by atoms with van der Waals surface area (Å²) in [7, 11) is 1.99. The quantitative estimate of drug-likeness (QED) is 0.879. The SMILES string of the molecule is Cc1nc2ccc(CCCC(=O)O)cc2n1C. The molecule has 0 aliphatic heterocycles. The lowest BCUT2D eigenvalue weighted by atomic mass is 10.1. The topological polar surface area (TPSA) is 55.1 Å². The Kier molecular flexibility index (Phi) is 3.13. The second-order valence-corrected chi connectivity index (χ2v) is 4.29. The van der Waals surface area contributed by atoms with Crippen LogP contribution in [-0.4, -0.2) is 20.6 Å². The van der Waals surface area contributed by atoms with Gasteiger partial charge in [-0.2, -0.15) is 0 Å². The summed E-state index contributed by atoms with van der Waals surface area (Å²) in [4.78, 5) is 14.9. The van der Waals surface area contributed by atoms with Crippen molar-refractivity contribution in [3.8, 4) is 0 Å². The van der Waals surface area contributed by atoms with Gasteiger partial charge in [0.05, 0.1) is 11.0 Å². The van der Waals surface area contributed by atoms with Crippen LogP contribution in [0.15, 0.2) is 18.2 Å². The summed E-state index contributed by atoms with van der Waals surface area (Å²) >= 11 is 0. The van der Waals surface area contributed by atoms with E-state index in [1.54, 1.807) is 0 Å². The van der Waals surface area contributed by atoms with Crippen molar-refractivity contribution in [2.45, 2.75) is 26.2 Å². The second kappa shape index (κ2) is 4.57. The summed E-state index contributed by atoms with van der Waals surface area (Å²) < 4.78 is 2.05. The number of rotatable bonds is 4. The van der Waals surface area contributed by atoms with E-state index in [4.69, 9.17) is 5.11 Å². The van der Waals surface area contributed by atoms with Gasteiger partial charge in [-0.05, 0) is 37.5 Å². The zero-order chi connectivity index (χ0) is 12.4. The van der Waals surface area contributed by atoms with Crippen LogP contribution in [0.4, 0.5) is 0 Å². The van der Waals surface area contributed by atoms with Gasteiger partial charge in [-0.1, -0.05) is 6.07 Å². The third kappa shape index (κ3) is 2.46. The molecule has 1 aromatic heterocycles. The molecule has 2 rings (SSSR count). The first-order chi connectivity index (χ1) is 8.08. The molecule has 0 atom stereocenters. The molecule has 0 saturated heterocycles. The van der Waals surface area contributed by atoms with E-state index in [2.05, 4.69) is 15.6 Å². The first-order valence-electron chi connectivity index (χ1n) is 5.71. The molecule has 0 aliphatic rings. The van der Waals surface area contributed by atoms with Crippen LogP contribution in [-0.2, 0) is 18.3 Å². The predicted molar refractivity (Wildman–Crippen MR) is 66.0 cm³/mol. The number of hydrogen-bond acceptors (Lipinski definition) is 2. The van der Waals surface area contributed by atoms with Gasteiger partial charge >= 0.3 is 5.97 Å². The third-order valence-electron chi connectivity index (χ3n) is 3.02. The molecule has 4 heteroatoms. The number of benzene rings is 1. The van der Waals surface area contributed by atoms with E-state index < -0.39 is 5.97 Å². The maximum atomic E-state index is 10.4. The molecule has 0 amide bonds. The van der Waals surface area contributed by atoms with Gasteiger partial charge in [-0.25, -0.2) is 4.98 Å². The number of fused-ring (bicyclic) bond motifs is 1. The van der Waals surface area contributed by atoms with E-state index in [-0.39, 0.29) is 6.42 Å². The molecular weight excluding hydrogens is 216 g/mol. The first kappa shape index (κ1) is 11.6. The molecule has 17 heavy (non-hydrogen) atoms. The Morgan fingerprint density at radius 1 is 1.47 bits per heavy atom. The number of hydrogen-bond donors (Lipinski definition) is 1. The molecule has 0 unspecified atom stereocenters. The second-order valence-electron chi connectivity index (χ2n) is 4.29. The molecule has 0 saturated carbocycles. The molecule has 4 nitrogen and oxygen atoms in total. The third-order valence-corrected chi connectivity index (χ3v) is 3.02. The number of carboxylic acids is 1. The Morgan fingerprint density at radius 2 is 2.24 bits per heavy atom. The minimum atomic E-state index is -0.734. The zero-order valence-corrected chi connectivity index (χ0v) is 10.1. The van der Waals surface area contributed by atoms with E-state index >= 15 is 0 Å². The van der Waals surface area contributed by atoms with Gasteiger partial charge in [0, 0.05) is 13.5 Å². The van der Waals surface area contributed by atoms with Crippen molar-refractivity contribution in [2.24, 2.45) is 7.05 Å². The van der Waals surface area contributed by atoms with Gasteiger partial charge in [0.15, 0.2) is 0 Å². The van der Waals surface area contributed by atoms with Crippen molar-refractivity contribution in [1.29, 1.82) is 0 Å². The van der Waals surface area contributed by atoms with Crippen LogP contribution in [0.5, 0.6) is 0 Å². The predicted octanol–water partition coefficient (Wildman–Crippen LogP) is 2.29. The highest BCUT2D eigenvalue weighted by Gasteiger charge is 2.05. The lowest BCUT2D eigenvalue weighted by Crippen LogP contribution is -1.96. The molecule has 90 valence electrons. The van der Waals surface area contributed by atoms with Crippen molar-refractivity contribution >= 4 is 17.0 Å². The molecule has 0 bridgehead atoms. The van der Waals surface area contributed by atoms with Crippen LogP contribution < -0.4 is 0 Å². The Balaban J connectivity index is 2.19. The van der Waals surface area contributed by atoms with E-state index in [1.807, 2.05) is 26.1 Å². The standard InChI is InChI=1S/C13H16N2O2/c1-9-14-11-7-6-10(4-3-5-13(16)17)8-12(11)15(9)2/h6-8H,3-5H2,1-2H3,(H,16,17). The van der Waals surface area contributed by atoms with Crippen LogP contribution in [0.3, 0.4) is 0 Å². The smallest absolute Gasteiger partial charge is 0.303 e. The van der Waals surface area contributed by atoms with Crippen LogP contribution in [0, 0.1) is 6.92 Å². The molecule has 1 aromatic carbocycles. The number of aryl methyl sites for hydroxylation is 3. The Hall–Kier alpha value is -1.84. The molecule has 1 N–H and O–H groups in total. The highest BCUT2D eigenvalue weighted by molar-refractivity contribution is 5.76. The molecule has 0 aliphatic carbocycles. The lowest BCUT2D eigenvalue weighted by Gasteiger charge is -2.01. The number of carboxylic acid groups (broad SMARTS) is 1. The van der Waals surface area contributed by atoms with E-state index in [1.165, 1.54) is 5.56 Å². The molecule has 0 spiro atoms. The highest BCUT2D eigenvalue weighted by atomic mass is 16.4. The van der Waals surface area contributed by atoms with Crippen LogP contribution in [0.2, 0.25) is 0 Å². The zero-order valence-electron chi connectivity index (χ0n) is 10.1. The van der Waals surface area contributed by atoms with E-state index in [0.717, 1.165) is 23.3 Å². The van der Waals surface area contributed by atoms with Gasteiger partial charge in [-0.3, -0.25) is 4.79 Å². The van der Waals surface area contributed by atoms with Crippen LogP contribution in [0.25, 0.3) is 11.0 Å². The van der Waals surface area contributed by atoms with Gasteiger partial charge in [0.1, 0.15) is 5.82 Å². The minimum Gasteiger partial charge on any atom is -0.481 e. The van der Waals surface area contributed by atoms with Gasteiger partial charge < -0.3 is 9.67 Å². The summed E-state index contributed by atoms with van der Waals surface area (Å²) in [6.45, 7) is 1.98. The van der Waals surface area contributed by atoms with Gasteiger partial charge in [0.2, 0.25) is 0 Å². The Labute approximate surface area is 99.9 Å². The number of imidazole rings is 1. The largest absolute Gasteiger partial charge is 0.481 e. The van der Waals surface area contributed by atoms with Crippen molar-refractivity contribution in [3.05, 3.63) is 29.6 Å². The summed E-state index contributed by atoms with van der Waals surface area (Å²) in [5, 5.41) is 8.60. The molecule has 0 fully saturated rings. The minimum absolute atomic E-state index is 0.225. The summed E-state index contributed by atoms with van der Waals surface area (Å²) in [6, 6.07) is 6.12. The summed E-state index contributed by atoms with van der Waals surface area (Å²) in [5.41, 5.74) is 3.27. The van der Waals surface area contributed by atoms with Crippen molar-refractivity contribution in [3.63, 3.8) is 0 Å².